The van der Waals surface area contributed by atoms with E-state index in [0.717, 1.165) is 25.0 Å². The molecule has 0 amide bonds. The maximum Gasteiger partial charge on any atom is 0.0595 e. The van der Waals surface area contributed by atoms with Crippen LogP contribution in [0.5, 0.6) is 0 Å². The first-order valence-corrected chi connectivity index (χ1v) is 6.48. The standard InChI is InChI=1S/C12H15Cl3O/c1-2-16-6-5-10(13)7-9-3-4-11(14)12(15)8-9/h3-4,8,10H,2,5-7H2,1H3. The Kier molecular flexibility index (Phi) is 6.52. The summed E-state index contributed by atoms with van der Waals surface area (Å²) in [6.45, 7) is 3.41. The van der Waals surface area contributed by atoms with Gasteiger partial charge in [0, 0.05) is 18.6 Å². The Labute approximate surface area is 112 Å². The van der Waals surface area contributed by atoms with E-state index in [1.54, 1.807) is 6.07 Å². The van der Waals surface area contributed by atoms with Crippen molar-refractivity contribution in [2.45, 2.75) is 25.1 Å². The van der Waals surface area contributed by atoms with Gasteiger partial charge >= 0.3 is 0 Å². The Bertz CT molecular complexity index is 328. The van der Waals surface area contributed by atoms with Gasteiger partial charge in [-0.05, 0) is 37.5 Å². The van der Waals surface area contributed by atoms with E-state index in [1.807, 2.05) is 19.1 Å². The minimum absolute atomic E-state index is 0.0730. The summed E-state index contributed by atoms with van der Waals surface area (Å²) in [6, 6.07) is 5.61. The first-order valence-electron chi connectivity index (χ1n) is 5.29. The van der Waals surface area contributed by atoms with Crippen LogP contribution in [0.1, 0.15) is 18.9 Å². The van der Waals surface area contributed by atoms with Crippen LogP contribution in [0.25, 0.3) is 0 Å². The van der Waals surface area contributed by atoms with Gasteiger partial charge in [-0.1, -0.05) is 29.3 Å². The summed E-state index contributed by atoms with van der Waals surface area (Å²) < 4.78 is 5.25. The first-order chi connectivity index (χ1) is 7.63. The SMILES string of the molecule is CCOCCC(Cl)Cc1ccc(Cl)c(Cl)c1. The summed E-state index contributed by atoms with van der Waals surface area (Å²) in [7, 11) is 0. The van der Waals surface area contributed by atoms with E-state index in [-0.39, 0.29) is 5.38 Å². The lowest BCUT2D eigenvalue weighted by Crippen LogP contribution is -2.07. The maximum absolute atomic E-state index is 6.19. The highest BCUT2D eigenvalue weighted by molar-refractivity contribution is 6.42. The average molecular weight is 282 g/mol. The second-order valence-electron chi connectivity index (χ2n) is 3.54. The fourth-order valence-electron chi connectivity index (χ4n) is 1.38. The van der Waals surface area contributed by atoms with Gasteiger partial charge in [-0.25, -0.2) is 0 Å². The highest BCUT2D eigenvalue weighted by Crippen LogP contribution is 2.24. The summed E-state index contributed by atoms with van der Waals surface area (Å²) in [6.07, 6.45) is 1.63. The molecule has 4 heteroatoms. The van der Waals surface area contributed by atoms with Gasteiger partial charge in [0.15, 0.2) is 0 Å². The van der Waals surface area contributed by atoms with E-state index in [4.69, 9.17) is 39.5 Å². The number of ether oxygens (including phenoxy) is 1. The first kappa shape index (κ1) is 14.1. The molecular weight excluding hydrogens is 266 g/mol. The van der Waals surface area contributed by atoms with Crippen LogP contribution >= 0.6 is 34.8 Å². The van der Waals surface area contributed by atoms with Crippen molar-refractivity contribution in [3.8, 4) is 0 Å². The average Bonchev–Trinajstić information content (AvgIpc) is 2.24. The second-order valence-corrected chi connectivity index (χ2v) is 4.97. The van der Waals surface area contributed by atoms with Gasteiger partial charge in [0.25, 0.3) is 0 Å². The van der Waals surface area contributed by atoms with Crippen LogP contribution in [-0.2, 0) is 11.2 Å². The van der Waals surface area contributed by atoms with Gasteiger partial charge in [-0.15, -0.1) is 11.6 Å². The lowest BCUT2D eigenvalue weighted by atomic mass is 10.1. The monoisotopic (exact) mass is 280 g/mol. The van der Waals surface area contributed by atoms with Crippen molar-refractivity contribution in [3.63, 3.8) is 0 Å². The molecule has 1 rings (SSSR count). The number of alkyl halides is 1. The highest BCUT2D eigenvalue weighted by atomic mass is 35.5. The Morgan fingerprint density at radius 3 is 2.62 bits per heavy atom. The largest absolute Gasteiger partial charge is 0.382 e. The molecular formula is C12H15Cl3O. The number of hydrogen-bond donors (Lipinski definition) is 0. The van der Waals surface area contributed by atoms with E-state index in [2.05, 4.69) is 0 Å². The van der Waals surface area contributed by atoms with E-state index >= 15 is 0 Å². The third-order valence-electron chi connectivity index (χ3n) is 2.22. The van der Waals surface area contributed by atoms with E-state index < -0.39 is 0 Å². The molecule has 1 aromatic rings. The van der Waals surface area contributed by atoms with Gasteiger partial charge in [0.2, 0.25) is 0 Å². The third-order valence-corrected chi connectivity index (χ3v) is 3.33. The summed E-state index contributed by atoms with van der Waals surface area (Å²) in [5, 5.41) is 1.22. The summed E-state index contributed by atoms with van der Waals surface area (Å²) in [5.74, 6) is 0. The normalized spacial score (nSPS) is 12.8. The summed E-state index contributed by atoms with van der Waals surface area (Å²) in [4.78, 5) is 0. The molecule has 0 saturated carbocycles. The zero-order valence-corrected chi connectivity index (χ0v) is 11.4. The van der Waals surface area contributed by atoms with Crippen molar-refractivity contribution in [2.24, 2.45) is 0 Å². The van der Waals surface area contributed by atoms with Crippen LogP contribution < -0.4 is 0 Å². The van der Waals surface area contributed by atoms with Crippen LogP contribution in [0.4, 0.5) is 0 Å². The molecule has 1 atom stereocenters. The molecule has 0 spiro atoms. The predicted molar refractivity (Wildman–Crippen MR) is 70.9 cm³/mol. The van der Waals surface area contributed by atoms with E-state index in [9.17, 15) is 0 Å². The molecule has 0 fully saturated rings. The summed E-state index contributed by atoms with van der Waals surface area (Å²) in [5.41, 5.74) is 1.10. The molecule has 0 aliphatic heterocycles. The van der Waals surface area contributed by atoms with Gasteiger partial charge in [0.1, 0.15) is 0 Å². The van der Waals surface area contributed by atoms with Crippen LogP contribution in [0.3, 0.4) is 0 Å². The second kappa shape index (κ2) is 7.39. The van der Waals surface area contributed by atoms with Crippen molar-refractivity contribution in [2.75, 3.05) is 13.2 Å². The number of rotatable bonds is 6. The van der Waals surface area contributed by atoms with Crippen LogP contribution in [0.15, 0.2) is 18.2 Å². The molecule has 0 aliphatic carbocycles. The summed E-state index contributed by atoms with van der Waals surface area (Å²) >= 11 is 17.9. The van der Waals surface area contributed by atoms with Gasteiger partial charge in [0.05, 0.1) is 10.0 Å². The van der Waals surface area contributed by atoms with Crippen molar-refractivity contribution >= 4 is 34.8 Å². The molecule has 0 radical (unpaired) electrons. The van der Waals surface area contributed by atoms with Gasteiger partial charge < -0.3 is 4.74 Å². The molecule has 90 valence electrons. The molecule has 1 unspecified atom stereocenters. The molecule has 1 aromatic carbocycles. The van der Waals surface area contributed by atoms with Crippen LogP contribution in [0, 0.1) is 0 Å². The van der Waals surface area contributed by atoms with Crippen LogP contribution in [-0.4, -0.2) is 18.6 Å². The van der Waals surface area contributed by atoms with Crippen molar-refractivity contribution in [3.05, 3.63) is 33.8 Å². The Morgan fingerprint density at radius 2 is 2.00 bits per heavy atom. The third kappa shape index (κ3) is 4.92. The Hall–Kier alpha value is 0.0500. The fourth-order valence-corrected chi connectivity index (χ4v) is 1.97. The molecule has 16 heavy (non-hydrogen) atoms. The molecule has 1 nitrogen and oxygen atoms in total. The fraction of sp³-hybridized carbons (Fsp3) is 0.500. The molecule has 0 aliphatic rings. The molecule has 0 N–H and O–H groups in total. The number of hydrogen-bond acceptors (Lipinski definition) is 1. The zero-order chi connectivity index (χ0) is 12.0. The quantitative estimate of drug-likeness (QED) is 0.548. The number of halogens is 3. The minimum Gasteiger partial charge on any atom is -0.382 e. The minimum atomic E-state index is 0.0730. The predicted octanol–water partition coefficient (Wildman–Crippen LogP) is 4.57. The highest BCUT2D eigenvalue weighted by Gasteiger charge is 2.07. The molecule has 0 aromatic heterocycles. The Balaban J connectivity index is 2.43. The van der Waals surface area contributed by atoms with Crippen molar-refractivity contribution in [1.82, 2.24) is 0 Å². The lowest BCUT2D eigenvalue weighted by Gasteiger charge is -2.10. The zero-order valence-electron chi connectivity index (χ0n) is 9.18. The lowest BCUT2D eigenvalue weighted by molar-refractivity contribution is 0.144. The van der Waals surface area contributed by atoms with Crippen LogP contribution in [0.2, 0.25) is 10.0 Å². The molecule has 0 bridgehead atoms. The Morgan fingerprint density at radius 1 is 1.25 bits per heavy atom. The maximum atomic E-state index is 6.19. The number of benzene rings is 1. The molecule has 0 saturated heterocycles. The smallest absolute Gasteiger partial charge is 0.0595 e. The van der Waals surface area contributed by atoms with Crippen molar-refractivity contribution < 1.29 is 4.74 Å². The van der Waals surface area contributed by atoms with E-state index in [0.29, 0.717) is 16.7 Å². The van der Waals surface area contributed by atoms with Gasteiger partial charge in [-0.2, -0.15) is 0 Å². The topological polar surface area (TPSA) is 9.23 Å². The van der Waals surface area contributed by atoms with Gasteiger partial charge in [-0.3, -0.25) is 0 Å². The van der Waals surface area contributed by atoms with E-state index in [1.165, 1.54) is 0 Å². The molecule has 0 heterocycles. The van der Waals surface area contributed by atoms with Crippen molar-refractivity contribution in [1.29, 1.82) is 0 Å².